The molecule has 2 fully saturated rings. The van der Waals surface area contributed by atoms with Crippen LogP contribution >= 0.6 is 0 Å². The summed E-state index contributed by atoms with van der Waals surface area (Å²) in [6.45, 7) is 2.12. The predicted octanol–water partition coefficient (Wildman–Crippen LogP) is 2.08. The van der Waals surface area contributed by atoms with Crippen LogP contribution in [-0.4, -0.2) is 71.6 Å². The molecule has 4 rings (SSSR count). The Kier molecular flexibility index (Phi) is 8.39. The largest absolute Gasteiger partial charge is 0.389 e. The van der Waals surface area contributed by atoms with Gasteiger partial charge in [0.2, 0.25) is 5.91 Å². The number of nitrogens with zero attached hydrogens (tertiary/aromatic N) is 2. The van der Waals surface area contributed by atoms with Crippen LogP contribution in [0.1, 0.15) is 30.4 Å². The van der Waals surface area contributed by atoms with Gasteiger partial charge in [0.15, 0.2) is 0 Å². The highest BCUT2D eigenvalue weighted by Crippen LogP contribution is 2.28. The third kappa shape index (κ3) is 7.04. The van der Waals surface area contributed by atoms with E-state index in [0.717, 1.165) is 30.4 Å². The van der Waals surface area contributed by atoms with E-state index in [1.807, 2.05) is 18.2 Å². The van der Waals surface area contributed by atoms with E-state index in [0.29, 0.717) is 32.7 Å². The molecule has 1 amide bonds. The molecule has 3 heterocycles. The zero-order valence-corrected chi connectivity index (χ0v) is 18.7. The van der Waals surface area contributed by atoms with Gasteiger partial charge in [-0.05, 0) is 54.7 Å². The van der Waals surface area contributed by atoms with Crippen molar-refractivity contribution in [3.63, 3.8) is 0 Å². The Hall–Kier alpha value is -2.39. The Morgan fingerprint density at radius 2 is 2.03 bits per heavy atom. The molecular formula is C25H32FN3O4. The molecule has 0 bridgehead atoms. The Morgan fingerprint density at radius 1 is 1.18 bits per heavy atom. The van der Waals surface area contributed by atoms with Gasteiger partial charge in [-0.3, -0.25) is 14.7 Å². The third-order valence-corrected chi connectivity index (χ3v) is 6.26. The number of nitrogens with one attached hydrogen (secondary N) is 1. The van der Waals surface area contributed by atoms with Crippen molar-refractivity contribution in [2.75, 3.05) is 26.3 Å². The SMILES string of the molecule is O=C(C[C@@H]1CC[C@@H]2[C@H](COC[C@H](O)CN2Cc2cccc(F)c2)O1)NCCc1ccncc1. The third-order valence-electron chi connectivity index (χ3n) is 6.26. The van der Waals surface area contributed by atoms with Gasteiger partial charge in [-0.2, -0.15) is 0 Å². The molecule has 0 spiro atoms. The number of β-amino-alcohol motifs (C(OH)–C–C–N with tert-alkyl or cyclic N) is 1. The molecule has 0 unspecified atom stereocenters. The van der Waals surface area contributed by atoms with Crippen LogP contribution in [0, 0.1) is 5.82 Å². The van der Waals surface area contributed by atoms with Gasteiger partial charge in [-0.25, -0.2) is 4.39 Å². The first-order chi connectivity index (χ1) is 16.1. The van der Waals surface area contributed by atoms with Crippen molar-refractivity contribution in [3.05, 3.63) is 65.7 Å². The summed E-state index contributed by atoms with van der Waals surface area (Å²) in [5.74, 6) is -0.291. The van der Waals surface area contributed by atoms with Crippen LogP contribution in [0.3, 0.4) is 0 Å². The minimum absolute atomic E-state index is 0.0219. The standard InChI is InChI=1S/C25H32FN3O4/c26-20-3-1-2-19(12-20)14-29-15-21(30)16-32-17-24-23(29)5-4-22(33-24)13-25(31)28-11-8-18-6-9-27-10-7-18/h1-3,6-7,9-10,12,21-24,30H,4-5,8,11,13-17H2,(H,28,31)/t21-,22+,23-,24+/m1/s1. The molecule has 2 aliphatic heterocycles. The summed E-state index contributed by atoms with van der Waals surface area (Å²) in [7, 11) is 0. The predicted molar refractivity (Wildman–Crippen MR) is 121 cm³/mol. The molecule has 178 valence electrons. The fourth-order valence-corrected chi connectivity index (χ4v) is 4.67. The lowest BCUT2D eigenvalue weighted by atomic mass is 9.94. The lowest BCUT2D eigenvalue weighted by Crippen LogP contribution is -2.55. The molecule has 0 saturated carbocycles. The van der Waals surface area contributed by atoms with Crippen molar-refractivity contribution in [1.82, 2.24) is 15.2 Å². The van der Waals surface area contributed by atoms with E-state index in [2.05, 4.69) is 15.2 Å². The number of aromatic nitrogens is 1. The van der Waals surface area contributed by atoms with Gasteiger partial charge >= 0.3 is 0 Å². The van der Waals surface area contributed by atoms with Crippen LogP contribution < -0.4 is 5.32 Å². The average Bonchev–Trinajstić information content (AvgIpc) is 2.79. The molecule has 2 aliphatic rings. The highest BCUT2D eigenvalue weighted by molar-refractivity contribution is 5.76. The van der Waals surface area contributed by atoms with Gasteiger partial charge in [-0.1, -0.05) is 12.1 Å². The summed E-state index contributed by atoms with van der Waals surface area (Å²) in [5.41, 5.74) is 1.99. The molecular weight excluding hydrogens is 425 g/mol. The smallest absolute Gasteiger partial charge is 0.222 e. The van der Waals surface area contributed by atoms with Crippen LogP contribution in [0.4, 0.5) is 4.39 Å². The number of pyridine rings is 1. The van der Waals surface area contributed by atoms with Gasteiger partial charge < -0.3 is 19.9 Å². The van der Waals surface area contributed by atoms with Gasteiger partial charge in [0.05, 0.1) is 37.9 Å². The number of carbonyl (C=O) groups excluding carboxylic acids is 1. The van der Waals surface area contributed by atoms with Gasteiger partial charge in [0, 0.05) is 38.1 Å². The molecule has 33 heavy (non-hydrogen) atoms. The zero-order valence-electron chi connectivity index (χ0n) is 18.7. The fourth-order valence-electron chi connectivity index (χ4n) is 4.67. The molecule has 2 aromatic rings. The number of hydrogen-bond acceptors (Lipinski definition) is 6. The molecule has 0 radical (unpaired) electrons. The first kappa shape index (κ1) is 23.8. The maximum atomic E-state index is 13.7. The van der Waals surface area contributed by atoms with Crippen molar-refractivity contribution in [2.45, 2.75) is 56.6 Å². The lowest BCUT2D eigenvalue weighted by molar-refractivity contribution is -0.158. The minimum atomic E-state index is -0.608. The van der Waals surface area contributed by atoms with Crippen molar-refractivity contribution in [1.29, 1.82) is 0 Å². The van der Waals surface area contributed by atoms with E-state index in [1.54, 1.807) is 18.5 Å². The Bertz CT molecular complexity index is 900. The average molecular weight is 458 g/mol. The fraction of sp³-hybridized carbons (Fsp3) is 0.520. The van der Waals surface area contributed by atoms with Crippen molar-refractivity contribution < 1.29 is 23.8 Å². The number of rotatable bonds is 7. The Balaban J connectivity index is 1.31. The monoisotopic (exact) mass is 457 g/mol. The summed E-state index contributed by atoms with van der Waals surface area (Å²) in [5, 5.41) is 13.3. The maximum Gasteiger partial charge on any atom is 0.222 e. The zero-order chi connectivity index (χ0) is 23.0. The van der Waals surface area contributed by atoms with Crippen LogP contribution in [0.5, 0.6) is 0 Å². The van der Waals surface area contributed by atoms with Crippen molar-refractivity contribution in [2.24, 2.45) is 0 Å². The number of ether oxygens (including phenoxy) is 2. The molecule has 2 saturated heterocycles. The highest BCUT2D eigenvalue weighted by atomic mass is 19.1. The molecule has 7 nitrogen and oxygen atoms in total. The number of benzene rings is 1. The van der Waals surface area contributed by atoms with E-state index in [9.17, 15) is 14.3 Å². The number of fused-ring (bicyclic) bond motifs is 1. The van der Waals surface area contributed by atoms with E-state index in [1.165, 1.54) is 12.1 Å². The summed E-state index contributed by atoms with van der Waals surface area (Å²) < 4.78 is 25.7. The molecule has 4 atom stereocenters. The van der Waals surface area contributed by atoms with E-state index in [-0.39, 0.29) is 36.6 Å². The number of halogens is 1. The van der Waals surface area contributed by atoms with Crippen LogP contribution in [0.15, 0.2) is 48.8 Å². The van der Waals surface area contributed by atoms with Gasteiger partial charge in [0.1, 0.15) is 5.82 Å². The molecule has 2 N–H and O–H groups in total. The molecule has 1 aromatic heterocycles. The number of aliphatic hydroxyl groups is 1. The van der Waals surface area contributed by atoms with E-state index < -0.39 is 6.10 Å². The van der Waals surface area contributed by atoms with Crippen LogP contribution in [-0.2, 0) is 27.2 Å². The number of hydrogen-bond donors (Lipinski definition) is 2. The van der Waals surface area contributed by atoms with E-state index >= 15 is 0 Å². The maximum absolute atomic E-state index is 13.7. The van der Waals surface area contributed by atoms with Crippen molar-refractivity contribution >= 4 is 5.91 Å². The second kappa shape index (κ2) is 11.7. The second-order valence-corrected chi connectivity index (χ2v) is 8.85. The lowest BCUT2D eigenvalue weighted by Gasteiger charge is -2.44. The topological polar surface area (TPSA) is 83.9 Å². The van der Waals surface area contributed by atoms with E-state index in [4.69, 9.17) is 9.47 Å². The summed E-state index contributed by atoms with van der Waals surface area (Å²) in [6, 6.07) is 10.5. The minimum Gasteiger partial charge on any atom is -0.389 e. The summed E-state index contributed by atoms with van der Waals surface area (Å²) >= 11 is 0. The second-order valence-electron chi connectivity index (χ2n) is 8.85. The molecule has 1 aromatic carbocycles. The van der Waals surface area contributed by atoms with Crippen molar-refractivity contribution in [3.8, 4) is 0 Å². The first-order valence-electron chi connectivity index (χ1n) is 11.6. The highest BCUT2D eigenvalue weighted by Gasteiger charge is 2.38. The number of carbonyl (C=O) groups is 1. The Labute approximate surface area is 193 Å². The van der Waals surface area contributed by atoms with Crippen LogP contribution in [0.25, 0.3) is 0 Å². The molecule has 8 heteroatoms. The summed E-state index contributed by atoms with van der Waals surface area (Å²) in [4.78, 5) is 18.6. The van der Waals surface area contributed by atoms with Gasteiger partial charge in [0.25, 0.3) is 0 Å². The molecule has 0 aliphatic carbocycles. The summed E-state index contributed by atoms with van der Waals surface area (Å²) in [6.07, 6.45) is 5.16. The van der Waals surface area contributed by atoms with Crippen LogP contribution in [0.2, 0.25) is 0 Å². The number of amides is 1. The number of aliphatic hydroxyl groups excluding tert-OH is 1. The first-order valence-corrected chi connectivity index (χ1v) is 11.6. The normalized spacial score (nSPS) is 26.1. The Morgan fingerprint density at radius 3 is 2.85 bits per heavy atom. The van der Waals surface area contributed by atoms with Gasteiger partial charge in [-0.15, -0.1) is 0 Å². The quantitative estimate of drug-likeness (QED) is 0.663.